The van der Waals surface area contributed by atoms with Crippen LogP contribution in [0, 0.1) is 11.6 Å². The van der Waals surface area contributed by atoms with Gasteiger partial charge in [0.25, 0.3) is 0 Å². The Morgan fingerprint density at radius 3 is 2.32 bits per heavy atom. The number of sulfonamides is 1. The lowest BCUT2D eigenvalue weighted by atomic mass is 10.1. The molecule has 0 atom stereocenters. The summed E-state index contributed by atoms with van der Waals surface area (Å²) in [6, 6.07) is 1.42. The normalized spacial score (nSPS) is 12.7. The van der Waals surface area contributed by atoms with Gasteiger partial charge in [-0.2, -0.15) is 0 Å². The monoisotopic (exact) mass is 296 g/mol. The summed E-state index contributed by atoms with van der Waals surface area (Å²) in [7, 11) is -4.40. The fraction of sp³-hybridized carbons (Fsp3) is 0.400. The first-order valence-corrected chi connectivity index (χ1v) is 6.64. The molecule has 6 nitrogen and oxygen atoms in total. The second-order valence-electron chi connectivity index (χ2n) is 4.26. The van der Waals surface area contributed by atoms with E-state index in [-0.39, 0.29) is 0 Å². The molecule has 0 radical (unpaired) electrons. The predicted octanol–water partition coefficient (Wildman–Crippen LogP) is -0.431. The molecule has 0 saturated heterocycles. The quantitative estimate of drug-likeness (QED) is 0.551. The van der Waals surface area contributed by atoms with Gasteiger partial charge in [-0.1, -0.05) is 0 Å². The smallest absolute Gasteiger partial charge is 0.244 e. The molecule has 0 amide bonds. The van der Waals surface area contributed by atoms with Crippen molar-refractivity contribution in [1.82, 2.24) is 4.72 Å². The van der Waals surface area contributed by atoms with E-state index in [2.05, 4.69) is 0 Å². The third-order valence-electron chi connectivity index (χ3n) is 2.46. The lowest BCUT2D eigenvalue weighted by Gasteiger charge is -2.25. The van der Waals surface area contributed by atoms with Crippen LogP contribution in [0.4, 0.5) is 14.5 Å². The van der Waals surface area contributed by atoms with Crippen LogP contribution in [0.15, 0.2) is 17.0 Å². The van der Waals surface area contributed by atoms with E-state index in [0.29, 0.717) is 12.1 Å². The van der Waals surface area contributed by atoms with Crippen LogP contribution in [-0.4, -0.2) is 37.4 Å². The summed E-state index contributed by atoms with van der Waals surface area (Å²) in [6.45, 7) is -0.197. The second-order valence-corrected chi connectivity index (χ2v) is 5.91. The first-order chi connectivity index (χ1) is 8.67. The average molecular weight is 296 g/mol. The highest BCUT2D eigenvalue weighted by Gasteiger charge is 2.32. The first-order valence-electron chi connectivity index (χ1n) is 5.16. The molecule has 0 fully saturated rings. The molecule has 0 saturated carbocycles. The van der Waals surface area contributed by atoms with Crippen molar-refractivity contribution in [3.05, 3.63) is 23.8 Å². The molecule has 19 heavy (non-hydrogen) atoms. The fourth-order valence-corrected chi connectivity index (χ4v) is 2.73. The van der Waals surface area contributed by atoms with Gasteiger partial charge in [0.2, 0.25) is 10.0 Å². The summed E-state index contributed by atoms with van der Waals surface area (Å²) < 4.78 is 52.3. The molecule has 1 rings (SSSR count). The van der Waals surface area contributed by atoms with Crippen LogP contribution in [0.2, 0.25) is 0 Å². The van der Waals surface area contributed by atoms with Gasteiger partial charge >= 0.3 is 0 Å². The lowest BCUT2D eigenvalue weighted by molar-refractivity contribution is 0.121. The minimum Gasteiger partial charge on any atom is -0.394 e. The highest BCUT2D eigenvalue weighted by molar-refractivity contribution is 7.89. The van der Waals surface area contributed by atoms with Gasteiger partial charge in [-0.15, -0.1) is 0 Å². The van der Waals surface area contributed by atoms with E-state index in [1.165, 1.54) is 6.92 Å². The molecule has 108 valence electrons. The van der Waals surface area contributed by atoms with Crippen molar-refractivity contribution in [1.29, 1.82) is 0 Å². The zero-order chi connectivity index (χ0) is 14.8. The number of aliphatic hydroxyl groups excluding tert-OH is 2. The summed E-state index contributed by atoms with van der Waals surface area (Å²) in [4.78, 5) is -0.862. The van der Waals surface area contributed by atoms with Gasteiger partial charge in [0.15, 0.2) is 5.82 Å². The summed E-state index contributed by atoms with van der Waals surface area (Å²) in [5.41, 5.74) is 2.57. The van der Waals surface area contributed by atoms with Crippen molar-refractivity contribution in [2.45, 2.75) is 17.4 Å². The molecule has 0 heterocycles. The van der Waals surface area contributed by atoms with E-state index < -0.39 is 51.0 Å². The second kappa shape index (κ2) is 5.37. The van der Waals surface area contributed by atoms with Crippen molar-refractivity contribution >= 4 is 15.7 Å². The van der Waals surface area contributed by atoms with E-state index in [1.54, 1.807) is 0 Å². The molecular weight excluding hydrogens is 282 g/mol. The maximum absolute atomic E-state index is 13.6. The number of aliphatic hydroxyl groups is 2. The first kappa shape index (κ1) is 15.8. The van der Waals surface area contributed by atoms with Crippen LogP contribution in [0.1, 0.15) is 6.92 Å². The van der Waals surface area contributed by atoms with E-state index in [0.717, 1.165) is 0 Å². The number of nitrogens with one attached hydrogen (secondary N) is 1. The number of hydrogen-bond donors (Lipinski definition) is 4. The number of benzene rings is 1. The Hall–Kier alpha value is -1.29. The van der Waals surface area contributed by atoms with Crippen LogP contribution in [0.25, 0.3) is 0 Å². The third-order valence-corrected chi connectivity index (χ3v) is 4.12. The standard InChI is InChI=1S/C10H14F2N2O4S/c1-10(4-15,5-16)14-19(17,18)7-3-2-6(11)9(13)8(7)12/h2-3,14-16H,4-5,13H2,1H3. The molecule has 0 aliphatic carbocycles. The van der Waals surface area contributed by atoms with Crippen LogP contribution in [0.3, 0.4) is 0 Å². The maximum Gasteiger partial charge on any atom is 0.244 e. The zero-order valence-corrected chi connectivity index (χ0v) is 10.8. The third kappa shape index (κ3) is 3.18. The average Bonchev–Trinajstić information content (AvgIpc) is 2.35. The molecule has 0 aromatic heterocycles. The summed E-state index contributed by atoms with van der Waals surface area (Å²) >= 11 is 0. The molecule has 0 bridgehead atoms. The number of halogens is 2. The number of anilines is 1. The Balaban J connectivity index is 3.26. The molecule has 5 N–H and O–H groups in total. The number of rotatable bonds is 5. The SMILES string of the molecule is CC(CO)(CO)NS(=O)(=O)c1ccc(F)c(N)c1F. The Morgan fingerprint density at radius 1 is 1.32 bits per heavy atom. The maximum atomic E-state index is 13.6. The Labute approximate surface area is 108 Å². The number of nitrogens with two attached hydrogens (primary N) is 1. The molecule has 0 unspecified atom stereocenters. The van der Waals surface area contributed by atoms with E-state index in [1.807, 2.05) is 4.72 Å². The number of hydrogen-bond acceptors (Lipinski definition) is 5. The van der Waals surface area contributed by atoms with Crippen molar-refractivity contribution in [2.24, 2.45) is 0 Å². The molecule has 1 aromatic carbocycles. The summed E-state index contributed by atoms with van der Waals surface area (Å²) in [5.74, 6) is -2.51. The Kier molecular flexibility index (Phi) is 4.46. The minimum absolute atomic E-state index is 0.707. The van der Waals surface area contributed by atoms with Crippen LogP contribution in [-0.2, 0) is 10.0 Å². The Morgan fingerprint density at radius 2 is 1.84 bits per heavy atom. The topological polar surface area (TPSA) is 113 Å². The van der Waals surface area contributed by atoms with Crippen molar-refractivity contribution < 1.29 is 27.4 Å². The van der Waals surface area contributed by atoms with Gasteiger partial charge in [-0.25, -0.2) is 21.9 Å². The van der Waals surface area contributed by atoms with Crippen molar-refractivity contribution in [3.8, 4) is 0 Å². The van der Waals surface area contributed by atoms with Gasteiger partial charge in [0.05, 0.1) is 18.8 Å². The Bertz CT molecular complexity index is 573. The van der Waals surface area contributed by atoms with E-state index in [9.17, 15) is 17.2 Å². The highest BCUT2D eigenvalue weighted by atomic mass is 32.2. The van der Waals surface area contributed by atoms with E-state index >= 15 is 0 Å². The molecular formula is C10H14F2N2O4S. The van der Waals surface area contributed by atoms with E-state index in [4.69, 9.17) is 15.9 Å². The van der Waals surface area contributed by atoms with Gasteiger partial charge in [0.1, 0.15) is 16.4 Å². The molecule has 1 aromatic rings. The van der Waals surface area contributed by atoms with Gasteiger partial charge in [-0.3, -0.25) is 0 Å². The van der Waals surface area contributed by atoms with Gasteiger partial charge in [-0.05, 0) is 19.1 Å². The molecule has 0 spiro atoms. The highest BCUT2D eigenvalue weighted by Crippen LogP contribution is 2.23. The van der Waals surface area contributed by atoms with Crippen LogP contribution in [0.5, 0.6) is 0 Å². The van der Waals surface area contributed by atoms with Crippen LogP contribution >= 0.6 is 0 Å². The molecule has 0 aliphatic heterocycles. The largest absolute Gasteiger partial charge is 0.394 e. The summed E-state index contributed by atoms with van der Waals surface area (Å²) in [6.07, 6.45) is 0. The van der Waals surface area contributed by atoms with Gasteiger partial charge < -0.3 is 15.9 Å². The fourth-order valence-electron chi connectivity index (χ4n) is 1.25. The lowest BCUT2D eigenvalue weighted by Crippen LogP contribution is -2.51. The molecule has 9 heteroatoms. The molecule has 0 aliphatic rings. The zero-order valence-electron chi connectivity index (χ0n) is 10.0. The van der Waals surface area contributed by atoms with Crippen molar-refractivity contribution in [3.63, 3.8) is 0 Å². The minimum atomic E-state index is -4.40. The van der Waals surface area contributed by atoms with Crippen LogP contribution < -0.4 is 10.5 Å². The van der Waals surface area contributed by atoms with Gasteiger partial charge in [0, 0.05) is 0 Å². The number of nitrogen functional groups attached to an aromatic ring is 1. The summed E-state index contributed by atoms with van der Waals surface area (Å²) in [5, 5.41) is 18.0. The van der Waals surface area contributed by atoms with Crippen molar-refractivity contribution in [2.75, 3.05) is 18.9 Å². The predicted molar refractivity (Wildman–Crippen MR) is 63.7 cm³/mol.